The van der Waals surface area contributed by atoms with Crippen molar-refractivity contribution in [1.82, 2.24) is 15.5 Å². The molecule has 0 spiro atoms. The van der Waals surface area contributed by atoms with Gasteiger partial charge in [-0.3, -0.25) is 4.79 Å². The van der Waals surface area contributed by atoms with Gasteiger partial charge in [0.1, 0.15) is 0 Å². The van der Waals surface area contributed by atoms with E-state index in [1.54, 1.807) is 0 Å². The van der Waals surface area contributed by atoms with Gasteiger partial charge in [-0.15, -0.1) is 24.8 Å². The summed E-state index contributed by atoms with van der Waals surface area (Å²) < 4.78 is 0. The van der Waals surface area contributed by atoms with Gasteiger partial charge < -0.3 is 15.5 Å². The second kappa shape index (κ2) is 10.7. The maximum atomic E-state index is 12.0. The van der Waals surface area contributed by atoms with Gasteiger partial charge in [0.05, 0.1) is 0 Å². The number of halogens is 2. The van der Waals surface area contributed by atoms with E-state index in [0.29, 0.717) is 24.0 Å². The van der Waals surface area contributed by atoms with Crippen molar-refractivity contribution in [2.45, 2.75) is 70.5 Å². The van der Waals surface area contributed by atoms with Crippen LogP contribution in [0.25, 0.3) is 0 Å². The predicted molar refractivity (Wildman–Crippen MR) is 97.2 cm³/mol. The summed E-state index contributed by atoms with van der Waals surface area (Å²) in [5, 5.41) is 6.72. The number of amides is 1. The van der Waals surface area contributed by atoms with Gasteiger partial charge in [-0.05, 0) is 52.0 Å². The molecule has 2 saturated heterocycles. The fraction of sp³-hybridized carbons (Fsp3) is 0.938. The van der Waals surface area contributed by atoms with E-state index in [1.165, 1.54) is 25.7 Å². The Morgan fingerprint density at radius 2 is 1.86 bits per heavy atom. The number of carbonyl (C=O) groups is 1. The molecular weight excluding hydrogens is 321 g/mol. The average Bonchev–Trinajstić information content (AvgIpc) is 2.76. The first-order chi connectivity index (χ1) is 9.58. The van der Waals surface area contributed by atoms with Gasteiger partial charge in [0.15, 0.2) is 0 Å². The number of nitrogens with one attached hydrogen (secondary N) is 2. The minimum Gasteiger partial charge on any atom is -0.355 e. The lowest BCUT2D eigenvalue weighted by Crippen LogP contribution is -2.41. The Balaban J connectivity index is 0.00000220. The number of likely N-dealkylation sites (N-methyl/N-ethyl adjacent to an activating group) is 1. The number of rotatable bonds is 7. The number of piperidine rings is 1. The minimum absolute atomic E-state index is 0. The van der Waals surface area contributed by atoms with E-state index in [9.17, 15) is 4.79 Å². The van der Waals surface area contributed by atoms with E-state index >= 15 is 0 Å². The Bertz CT molecular complexity index is 319. The second-order valence-corrected chi connectivity index (χ2v) is 6.77. The number of carbonyl (C=O) groups excluding carboxylic acids is 1. The Kier molecular flexibility index (Phi) is 10.7. The summed E-state index contributed by atoms with van der Waals surface area (Å²) in [5.74, 6) is 0.842. The molecule has 22 heavy (non-hydrogen) atoms. The molecule has 132 valence electrons. The molecule has 2 bridgehead atoms. The topological polar surface area (TPSA) is 44.4 Å². The Morgan fingerprint density at radius 1 is 1.27 bits per heavy atom. The van der Waals surface area contributed by atoms with Crippen LogP contribution in [-0.4, -0.2) is 49.1 Å². The third kappa shape index (κ3) is 6.61. The van der Waals surface area contributed by atoms with Gasteiger partial charge >= 0.3 is 0 Å². The van der Waals surface area contributed by atoms with Crippen molar-refractivity contribution >= 4 is 30.7 Å². The smallest absolute Gasteiger partial charge is 0.220 e. The molecule has 6 heteroatoms. The van der Waals surface area contributed by atoms with Crippen LogP contribution in [0.15, 0.2) is 0 Å². The van der Waals surface area contributed by atoms with Crippen molar-refractivity contribution < 1.29 is 4.79 Å². The summed E-state index contributed by atoms with van der Waals surface area (Å²) in [5.41, 5.74) is 0. The zero-order chi connectivity index (χ0) is 14.5. The van der Waals surface area contributed by atoms with Crippen molar-refractivity contribution in [1.29, 1.82) is 0 Å². The summed E-state index contributed by atoms with van der Waals surface area (Å²) in [6.45, 7) is 6.15. The molecule has 2 aliphatic heterocycles. The first-order valence-electron chi connectivity index (χ1n) is 8.31. The van der Waals surface area contributed by atoms with Crippen LogP contribution >= 0.6 is 24.8 Å². The molecule has 0 aromatic carbocycles. The predicted octanol–water partition coefficient (Wildman–Crippen LogP) is 2.60. The minimum atomic E-state index is 0. The van der Waals surface area contributed by atoms with Crippen molar-refractivity contribution in [2.24, 2.45) is 5.92 Å². The van der Waals surface area contributed by atoms with Crippen LogP contribution < -0.4 is 10.6 Å². The SMILES string of the molecule is CCC(C)N(C)CCNC(=O)CC1CC2CCC(C1)N2.Cl.Cl. The van der Waals surface area contributed by atoms with Gasteiger partial charge in [-0.25, -0.2) is 0 Å². The number of fused-ring (bicyclic) bond motifs is 2. The van der Waals surface area contributed by atoms with Crippen molar-refractivity contribution in [3.63, 3.8) is 0 Å². The van der Waals surface area contributed by atoms with E-state index in [-0.39, 0.29) is 30.7 Å². The molecule has 0 aromatic heterocycles. The van der Waals surface area contributed by atoms with E-state index in [4.69, 9.17) is 0 Å². The van der Waals surface area contributed by atoms with Crippen LogP contribution in [0.2, 0.25) is 0 Å². The molecule has 0 saturated carbocycles. The third-order valence-electron chi connectivity index (χ3n) is 5.17. The van der Waals surface area contributed by atoms with E-state index in [2.05, 4.69) is 36.4 Å². The lowest BCUT2D eigenvalue weighted by molar-refractivity contribution is -0.122. The zero-order valence-corrected chi connectivity index (χ0v) is 15.8. The molecule has 2 N–H and O–H groups in total. The third-order valence-corrected chi connectivity index (χ3v) is 5.17. The van der Waals surface area contributed by atoms with Crippen LogP contribution in [0.3, 0.4) is 0 Å². The van der Waals surface area contributed by atoms with Gasteiger partial charge in [0.2, 0.25) is 5.91 Å². The van der Waals surface area contributed by atoms with E-state index in [0.717, 1.165) is 25.9 Å². The van der Waals surface area contributed by atoms with Crippen LogP contribution in [-0.2, 0) is 4.79 Å². The number of nitrogens with zero attached hydrogens (tertiary/aromatic N) is 1. The highest BCUT2D eigenvalue weighted by Gasteiger charge is 2.34. The van der Waals surface area contributed by atoms with Crippen LogP contribution in [0.4, 0.5) is 0 Å². The fourth-order valence-corrected chi connectivity index (χ4v) is 3.58. The molecule has 0 aromatic rings. The van der Waals surface area contributed by atoms with Crippen molar-refractivity contribution in [3.8, 4) is 0 Å². The Labute approximate surface area is 148 Å². The first kappa shape index (κ1) is 22.0. The maximum Gasteiger partial charge on any atom is 0.220 e. The Hall–Kier alpha value is -0.0300. The average molecular weight is 354 g/mol. The number of hydrogen-bond acceptors (Lipinski definition) is 3. The second-order valence-electron chi connectivity index (χ2n) is 6.77. The highest BCUT2D eigenvalue weighted by Crippen LogP contribution is 2.32. The molecule has 0 radical (unpaired) electrons. The number of hydrogen-bond donors (Lipinski definition) is 2. The lowest BCUT2D eigenvalue weighted by Gasteiger charge is -2.28. The summed E-state index contributed by atoms with van der Waals surface area (Å²) in [6, 6.07) is 1.96. The molecule has 1 amide bonds. The lowest BCUT2D eigenvalue weighted by atomic mass is 9.89. The molecular formula is C16H33Cl2N3O. The van der Waals surface area contributed by atoms with E-state index < -0.39 is 0 Å². The maximum absolute atomic E-state index is 12.0. The highest BCUT2D eigenvalue weighted by atomic mass is 35.5. The van der Waals surface area contributed by atoms with Gasteiger partial charge in [0, 0.05) is 37.6 Å². The monoisotopic (exact) mass is 353 g/mol. The largest absolute Gasteiger partial charge is 0.355 e. The molecule has 4 nitrogen and oxygen atoms in total. The molecule has 3 unspecified atom stereocenters. The zero-order valence-electron chi connectivity index (χ0n) is 14.1. The summed E-state index contributed by atoms with van der Waals surface area (Å²) in [6.07, 6.45) is 6.88. The molecule has 3 atom stereocenters. The highest BCUT2D eigenvalue weighted by molar-refractivity contribution is 5.85. The van der Waals surface area contributed by atoms with Gasteiger partial charge in [-0.1, -0.05) is 6.92 Å². The fourth-order valence-electron chi connectivity index (χ4n) is 3.58. The summed E-state index contributed by atoms with van der Waals surface area (Å²) in [7, 11) is 2.13. The molecule has 2 aliphatic rings. The van der Waals surface area contributed by atoms with E-state index in [1.807, 2.05) is 0 Å². The van der Waals surface area contributed by atoms with Gasteiger partial charge in [0.25, 0.3) is 0 Å². The summed E-state index contributed by atoms with van der Waals surface area (Å²) >= 11 is 0. The van der Waals surface area contributed by atoms with Crippen LogP contribution in [0, 0.1) is 5.92 Å². The van der Waals surface area contributed by atoms with Gasteiger partial charge in [-0.2, -0.15) is 0 Å². The van der Waals surface area contributed by atoms with Crippen molar-refractivity contribution in [3.05, 3.63) is 0 Å². The first-order valence-corrected chi connectivity index (χ1v) is 8.31. The molecule has 0 aliphatic carbocycles. The quantitative estimate of drug-likeness (QED) is 0.739. The molecule has 2 heterocycles. The standard InChI is InChI=1S/C16H31N3O.2ClH/c1-4-12(2)19(3)8-7-17-16(20)11-13-9-14-5-6-15(10-13)18-14;;/h12-15,18H,4-11H2,1-3H3,(H,17,20);2*1H. The van der Waals surface area contributed by atoms with Crippen LogP contribution in [0.5, 0.6) is 0 Å². The normalized spacial score (nSPS) is 27.7. The summed E-state index contributed by atoms with van der Waals surface area (Å²) in [4.78, 5) is 14.3. The molecule has 2 fully saturated rings. The Morgan fingerprint density at radius 3 is 2.41 bits per heavy atom. The van der Waals surface area contributed by atoms with Crippen molar-refractivity contribution in [2.75, 3.05) is 20.1 Å². The molecule has 2 rings (SSSR count). The van der Waals surface area contributed by atoms with Crippen LogP contribution in [0.1, 0.15) is 52.4 Å².